The van der Waals surface area contributed by atoms with Crippen LogP contribution in [0.2, 0.25) is 0 Å². The Labute approximate surface area is 180 Å². The minimum atomic E-state index is -0.299. The highest BCUT2D eigenvalue weighted by atomic mass is 32.2. The number of anilines is 2. The lowest BCUT2D eigenvalue weighted by molar-refractivity contribution is -0.115. The fraction of sp³-hybridized carbons (Fsp3) is 0.150. The molecule has 0 atom stereocenters. The van der Waals surface area contributed by atoms with Gasteiger partial charge in [-0.2, -0.15) is 9.61 Å². The lowest BCUT2D eigenvalue weighted by Crippen LogP contribution is -2.11. The lowest BCUT2D eigenvalue weighted by atomic mass is 10.1. The molecule has 3 aromatic rings. The monoisotopic (exact) mass is 438 g/mol. The third-order valence-corrected chi connectivity index (χ3v) is 5.91. The number of rotatable bonds is 6. The minimum Gasteiger partial charge on any atom is -0.399 e. The number of aromatic nitrogens is 3. The Bertz CT molecular complexity index is 1200. The van der Waals surface area contributed by atoms with Crippen LogP contribution in [0.4, 0.5) is 11.5 Å². The number of imidazole rings is 1. The van der Waals surface area contributed by atoms with Crippen molar-refractivity contribution in [3.8, 4) is 11.3 Å². The van der Waals surface area contributed by atoms with Gasteiger partial charge < -0.3 is 11.1 Å². The van der Waals surface area contributed by atoms with Gasteiger partial charge >= 0.3 is 0 Å². The van der Waals surface area contributed by atoms with Gasteiger partial charge in [-0.3, -0.25) is 9.59 Å². The summed E-state index contributed by atoms with van der Waals surface area (Å²) < 4.78 is 1.77. The van der Waals surface area contributed by atoms with Gasteiger partial charge in [-0.1, -0.05) is 23.5 Å². The standard InChI is InChI=1S/C20H18N6O2S2/c1-12(27)24-16-7-6-15(28)10-17(16)29-9-8-22-19-18(13-2-4-14(21)5-3-13)25-20-26(19)23-11-30-20/h2-7,10-11,22H,8-9,21H2,1H3/b24-16+. The number of hydrogen-bond donors (Lipinski definition) is 2. The lowest BCUT2D eigenvalue weighted by Gasteiger charge is -2.11. The van der Waals surface area contributed by atoms with Crippen molar-refractivity contribution in [2.45, 2.75) is 6.92 Å². The second-order valence-electron chi connectivity index (χ2n) is 6.40. The molecule has 0 bridgehead atoms. The quantitative estimate of drug-likeness (QED) is 0.345. The highest BCUT2D eigenvalue weighted by Gasteiger charge is 2.17. The molecule has 152 valence electrons. The number of nitrogen functional groups attached to an aromatic ring is 1. The fourth-order valence-corrected chi connectivity index (χ4v) is 4.40. The van der Waals surface area contributed by atoms with E-state index in [9.17, 15) is 9.59 Å². The number of allylic oxidation sites excluding steroid dienone is 4. The van der Waals surface area contributed by atoms with E-state index in [0.29, 0.717) is 28.6 Å². The van der Waals surface area contributed by atoms with E-state index < -0.39 is 0 Å². The Balaban J connectivity index is 1.48. The van der Waals surface area contributed by atoms with Crippen molar-refractivity contribution in [2.75, 3.05) is 23.3 Å². The molecule has 2 aromatic heterocycles. The maximum Gasteiger partial charge on any atom is 0.243 e. The van der Waals surface area contributed by atoms with E-state index in [4.69, 9.17) is 5.73 Å². The van der Waals surface area contributed by atoms with Gasteiger partial charge in [0.05, 0.1) is 5.71 Å². The zero-order valence-electron chi connectivity index (χ0n) is 16.0. The first-order valence-corrected chi connectivity index (χ1v) is 11.0. The van der Waals surface area contributed by atoms with Crippen LogP contribution < -0.4 is 11.1 Å². The number of hydrogen-bond acceptors (Lipinski definition) is 8. The molecule has 1 aromatic carbocycles. The van der Waals surface area contributed by atoms with E-state index in [1.54, 1.807) is 16.1 Å². The largest absolute Gasteiger partial charge is 0.399 e. The SMILES string of the molecule is CC(=O)/N=C1\C=CC(=O)C=C1SCCNc1c(-c2ccc(N)cc2)nc2scnn12. The number of aliphatic imine (C=N–C) groups is 1. The zero-order chi connectivity index (χ0) is 21.1. The topological polar surface area (TPSA) is 115 Å². The third-order valence-electron chi connectivity index (χ3n) is 4.19. The number of benzene rings is 1. The number of nitrogens with one attached hydrogen (secondary N) is 1. The Kier molecular flexibility index (Phi) is 5.77. The van der Waals surface area contributed by atoms with Gasteiger partial charge in [0.25, 0.3) is 0 Å². The first kappa shape index (κ1) is 20.0. The molecule has 0 radical (unpaired) electrons. The molecule has 1 amide bonds. The summed E-state index contributed by atoms with van der Waals surface area (Å²) in [6.07, 6.45) is 4.49. The van der Waals surface area contributed by atoms with Gasteiger partial charge in [0.1, 0.15) is 11.2 Å². The molecule has 2 heterocycles. The molecule has 0 spiro atoms. The number of nitrogens with zero attached hydrogens (tertiary/aromatic N) is 4. The predicted molar refractivity (Wildman–Crippen MR) is 122 cm³/mol. The van der Waals surface area contributed by atoms with E-state index in [1.165, 1.54) is 42.2 Å². The average Bonchev–Trinajstić information content (AvgIpc) is 3.29. The van der Waals surface area contributed by atoms with Gasteiger partial charge in [0.2, 0.25) is 10.9 Å². The molecule has 10 heteroatoms. The second-order valence-corrected chi connectivity index (χ2v) is 8.35. The van der Waals surface area contributed by atoms with Crippen LogP contribution in [0.5, 0.6) is 0 Å². The molecular formula is C20H18N6O2S2. The predicted octanol–water partition coefficient (Wildman–Crippen LogP) is 3.20. The zero-order valence-corrected chi connectivity index (χ0v) is 17.7. The molecule has 4 rings (SSSR count). The molecule has 3 N–H and O–H groups in total. The normalized spacial score (nSPS) is 15.0. The third kappa shape index (κ3) is 4.34. The van der Waals surface area contributed by atoms with Gasteiger partial charge in [-0.25, -0.2) is 9.98 Å². The van der Waals surface area contributed by atoms with Crippen molar-refractivity contribution in [1.29, 1.82) is 0 Å². The number of carbonyl (C=O) groups excluding carboxylic acids is 2. The number of nitrogens with two attached hydrogens (primary N) is 1. The number of thioether (sulfide) groups is 1. The Morgan fingerprint density at radius 3 is 2.87 bits per heavy atom. The highest BCUT2D eigenvalue weighted by Crippen LogP contribution is 2.30. The summed E-state index contributed by atoms with van der Waals surface area (Å²) in [4.78, 5) is 33.2. The highest BCUT2D eigenvalue weighted by molar-refractivity contribution is 8.04. The summed E-state index contributed by atoms with van der Waals surface area (Å²) in [6.45, 7) is 1.99. The van der Waals surface area contributed by atoms with Crippen molar-refractivity contribution in [1.82, 2.24) is 14.6 Å². The number of fused-ring (bicyclic) bond motifs is 1. The van der Waals surface area contributed by atoms with Crippen LogP contribution in [-0.4, -0.2) is 44.3 Å². The van der Waals surface area contributed by atoms with Crippen LogP contribution in [0.25, 0.3) is 16.2 Å². The van der Waals surface area contributed by atoms with Crippen LogP contribution in [0.15, 0.2) is 57.9 Å². The maximum atomic E-state index is 11.7. The van der Waals surface area contributed by atoms with Crippen LogP contribution >= 0.6 is 23.1 Å². The van der Waals surface area contributed by atoms with E-state index in [1.807, 2.05) is 24.3 Å². The van der Waals surface area contributed by atoms with Crippen molar-refractivity contribution in [3.05, 3.63) is 52.9 Å². The molecule has 0 unspecified atom stereocenters. The second kappa shape index (κ2) is 8.64. The van der Waals surface area contributed by atoms with E-state index >= 15 is 0 Å². The van der Waals surface area contributed by atoms with Crippen LogP contribution in [0.3, 0.4) is 0 Å². The first-order chi connectivity index (χ1) is 14.5. The first-order valence-electron chi connectivity index (χ1n) is 9.09. The molecule has 0 aliphatic heterocycles. The van der Waals surface area contributed by atoms with Crippen LogP contribution in [0, 0.1) is 0 Å². The molecular weight excluding hydrogens is 420 g/mol. The smallest absolute Gasteiger partial charge is 0.243 e. The Morgan fingerprint density at radius 1 is 1.30 bits per heavy atom. The molecule has 1 aliphatic carbocycles. The summed E-state index contributed by atoms with van der Waals surface area (Å²) in [5, 5.41) is 7.76. The Morgan fingerprint density at radius 2 is 2.10 bits per heavy atom. The van der Waals surface area contributed by atoms with Crippen molar-refractivity contribution in [3.63, 3.8) is 0 Å². The minimum absolute atomic E-state index is 0.112. The molecule has 30 heavy (non-hydrogen) atoms. The molecule has 8 nitrogen and oxygen atoms in total. The van der Waals surface area contributed by atoms with E-state index in [2.05, 4.69) is 20.4 Å². The number of amides is 1. The Hall–Kier alpha value is -3.24. The number of carbonyl (C=O) groups is 2. The maximum absolute atomic E-state index is 11.7. The summed E-state index contributed by atoms with van der Waals surface area (Å²) >= 11 is 2.92. The van der Waals surface area contributed by atoms with E-state index in [0.717, 1.165) is 22.0 Å². The summed E-state index contributed by atoms with van der Waals surface area (Å²) in [5.74, 6) is 1.04. The summed E-state index contributed by atoms with van der Waals surface area (Å²) in [6, 6.07) is 7.53. The molecule has 0 saturated carbocycles. The van der Waals surface area contributed by atoms with E-state index in [-0.39, 0.29) is 11.7 Å². The number of ketones is 1. The van der Waals surface area contributed by atoms with Crippen LogP contribution in [0.1, 0.15) is 6.92 Å². The molecule has 0 fully saturated rings. The van der Waals surface area contributed by atoms with Crippen molar-refractivity contribution >= 4 is 57.0 Å². The summed E-state index contributed by atoms with van der Waals surface area (Å²) in [7, 11) is 0. The van der Waals surface area contributed by atoms with Crippen molar-refractivity contribution < 1.29 is 9.59 Å². The van der Waals surface area contributed by atoms with Gasteiger partial charge in [-0.05, 0) is 24.3 Å². The van der Waals surface area contributed by atoms with Gasteiger partial charge in [0.15, 0.2) is 11.6 Å². The average molecular weight is 439 g/mol. The molecule has 0 saturated heterocycles. The molecule has 1 aliphatic rings. The fourth-order valence-electron chi connectivity index (χ4n) is 2.90. The van der Waals surface area contributed by atoms with Crippen molar-refractivity contribution in [2.24, 2.45) is 4.99 Å². The summed E-state index contributed by atoms with van der Waals surface area (Å²) in [5.41, 5.74) is 10.5. The van der Waals surface area contributed by atoms with Crippen LogP contribution in [-0.2, 0) is 9.59 Å². The van der Waals surface area contributed by atoms with Gasteiger partial charge in [0, 0.05) is 41.5 Å². The van der Waals surface area contributed by atoms with Gasteiger partial charge in [-0.15, -0.1) is 11.8 Å².